The summed E-state index contributed by atoms with van der Waals surface area (Å²) in [6, 6.07) is 12.7. The number of rotatable bonds is 9. The van der Waals surface area contributed by atoms with Gasteiger partial charge in [-0.15, -0.1) is 0 Å². The topological polar surface area (TPSA) is 180 Å². The minimum atomic E-state index is -4.06. The van der Waals surface area contributed by atoms with Gasteiger partial charge in [0, 0.05) is 30.9 Å². The molecule has 2 aromatic rings. The van der Waals surface area contributed by atoms with Crippen LogP contribution < -0.4 is 26.4 Å². The summed E-state index contributed by atoms with van der Waals surface area (Å²) in [5.74, 6) is -1.87. The van der Waals surface area contributed by atoms with Crippen LogP contribution in [0.15, 0.2) is 64.5 Å². The Morgan fingerprint density at radius 1 is 1.12 bits per heavy atom. The monoisotopic (exact) mass is 488 g/mol. The van der Waals surface area contributed by atoms with Crippen LogP contribution in [0.25, 0.3) is 0 Å². The first-order valence-corrected chi connectivity index (χ1v) is 12.2. The van der Waals surface area contributed by atoms with Crippen LogP contribution in [0.1, 0.15) is 23.2 Å². The molecule has 0 saturated carbocycles. The molecule has 1 aliphatic rings. The van der Waals surface area contributed by atoms with Gasteiger partial charge in [0.2, 0.25) is 10.0 Å². The van der Waals surface area contributed by atoms with Gasteiger partial charge in [0.25, 0.3) is 5.91 Å². The second-order valence-corrected chi connectivity index (χ2v) is 9.59. The molecule has 2 aromatic carbocycles. The average Bonchev–Trinajstić information content (AvgIpc) is 2.82. The van der Waals surface area contributed by atoms with Gasteiger partial charge in [-0.05, 0) is 49.2 Å². The van der Waals surface area contributed by atoms with E-state index in [1.54, 1.807) is 30.3 Å². The van der Waals surface area contributed by atoms with Crippen LogP contribution in [0.3, 0.4) is 0 Å². The van der Waals surface area contributed by atoms with Gasteiger partial charge < -0.3 is 26.8 Å². The fourth-order valence-corrected chi connectivity index (χ4v) is 4.87. The zero-order chi connectivity index (χ0) is 24.7. The lowest BCUT2D eigenvalue weighted by molar-refractivity contribution is -0.138. The molecule has 12 heteroatoms. The number of piperidine rings is 1. The van der Waals surface area contributed by atoms with E-state index in [1.165, 1.54) is 24.3 Å². The molecule has 1 heterocycles. The van der Waals surface area contributed by atoms with Crippen molar-refractivity contribution in [2.75, 3.05) is 24.5 Å². The number of sulfonamides is 1. The number of aliphatic imine (C=N–C) groups is 1. The molecular formula is C22H28N6O5S. The van der Waals surface area contributed by atoms with Crippen molar-refractivity contribution in [2.45, 2.75) is 29.8 Å². The quantitative estimate of drug-likeness (QED) is 0.243. The average molecular weight is 489 g/mol. The lowest BCUT2D eigenvalue weighted by atomic mass is 10.0. The smallest absolute Gasteiger partial charge is 0.323 e. The Bertz CT molecular complexity index is 1130. The summed E-state index contributed by atoms with van der Waals surface area (Å²) in [6.45, 7) is 1.07. The predicted octanol–water partition coefficient (Wildman–Crippen LogP) is 0.0903. The number of carboxylic acid groups (broad SMARTS) is 1. The molecule has 0 aliphatic carbocycles. The Hall–Kier alpha value is -3.64. The lowest BCUT2D eigenvalue weighted by Gasteiger charge is -2.32. The fourth-order valence-electron chi connectivity index (χ4n) is 3.66. The number of benzene rings is 2. The van der Waals surface area contributed by atoms with Crippen LogP contribution in [0, 0.1) is 0 Å². The summed E-state index contributed by atoms with van der Waals surface area (Å²) in [5, 5.41) is 11.9. The number of hydrogen-bond acceptors (Lipinski definition) is 6. The molecule has 0 spiro atoms. The number of carbonyl (C=O) groups is 2. The van der Waals surface area contributed by atoms with Gasteiger partial charge in [-0.3, -0.25) is 9.59 Å². The van der Waals surface area contributed by atoms with Crippen molar-refractivity contribution in [2.24, 2.45) is 16.5 Å². The molecule has 0 bridgehead atoms. The third kappa shape index (κ3) is 6.68. The second-order valence-electron chi connectivity index (χ2n) is 7.88. The number of carboxylic acids is 1. The Balaban J connectivity index is 1.60. The van der Waals surface area contributed by atoms with Gasteiger partial charge in [0.1, 0.15) is 6.04 Å². The van der Waals surface area contributed by atoms with Crippen molar-refractivity contribution in [3.63, 3.8) is 0 Å². The van der Waals surface area contributed by atoms with E-state index >= 15 is 0 Å². The SMILES string of the molecule is NC(N)=NC1CCCN(c2ccc(C(=O)NCC(NS(=O)(=O)c3ccccc3)C(=O)O)cc2)C1. The molecule has 2 unspecified atom stereocenters. The summed E-state index contributed by atoms with van der Waals surface area (Å²) < 4.78 is 26.9. The number of hydrogen-bond donors (Lipinski definition) is 5. The minimum Gasteiger partial charge on any atom is -0.480 e. The number of nitrogens with one attached hydrogen (secondary N) is 2. The summed E-state index contributed by atoms with van der Waals surface area (Å²) in [7, 11) is -4.06. The number of carbonyl (C=O) groups excluding carboxylic acids is 1. The highest BCUT2D eigenvalue weighted by molar-refractivity contribution is 7.89. The summed E-state index contributed by atoms with van der Waals surface area (Å²) in [4.78, 5) is 30.4. The number of anilines is 1. The molecule has 34 heavy (non-hydrogen) atoms. The Labute approximate surface area is 197 Å². The standard InChI is InChI=1S/C22H28N6O5S/c23-22(24)26-16-5-4-12-28(14-16)17-10-8-15(9-11-17)20(29)25-13-19(21(30)31)27-34(32,33)18-6-2-1-3-7-18/h1-3,6-11,16,19,27H,4-5,12-14H2,(H,25,29)(H,30,31)(H4,23,24,26). The van der Waals surface area contributed by atoms with Gasteiger partial charge in [0.15, 0.2) is 5.96 Å². The van der Waals surface area contributed by atoms with E-state index in [0.29, 0.717) is 12.1 Å². The Morgan fingerprint density at radius 3 is 2.41 bits per heavy atom. The van der Waals surface area contributed by atoms with Crippen molar-refractivity contribution >= 4 is 33.5 Å². The van der Waals surface area contributed by atoms with Crippen molar-refractivity contribution < 1.29 is 23.1 Å². The van der Waals surface area contributed by atoms with E-state index in [4.69, 9.17) is 11.5 Å². The number of guanidine groups is 1. The van der Waals surface area contributed by atoms with E-state index in [9.17, 15) is 23.1 Å². The molecule has 7 N–H and O–H groups in total. The number of amides is 1. The zero-order valence-corrected chi connectivity index (χ0v) is 19.2. The summed E-state index contributed by atoms with van der Waals surface area (Å²) >= 11 is 0. The fraction of sp³-hybridized carbons (Fsp3) is 0.318. The molecule has 0 radical (unpaired) electrons. The highest BCUT2D eigenvalue weighted by Gasteiger charge is 2.26. The first-order valence-electron chi connectivity index (χ1n) is 10.7. The summed E-state index contributed by atoms with van der Waals surface area (Å²) in [6.07, 6.45) is 1.83. The Morgan fingerprint density at radius 2 is 1.79 bits per heavy atom. The van der Waals surface area contributed by atoms with Crippen LogP contribution in [0.2, 0.25) is 0 Å². The van der Waals surface area contributed by atoms with E-state index in [1.807, 2.05) is 0 Å². The largest absolute Gasteiger partial charge is 0.480 e. The van der Waals surface area contributed by atoms with Crippen molar-refractivity contribution in [1.29, 1.82) is 0 Å². The van der Waals surface area contributed by atoms with Crippen molar-refractivity contribution in [3.8, 4) is 0 Å². The van der Waals surface area contributed by atoms with Crippen LogP contribution in [-0.2, 0) is 14.8 Å². The van der Waals surface area contributed by atoms with Crippen molar-refractivity contribution in [3.05, 3.63) is 60.2 Å². The van der Waals surface area contributed by atoms with Gasteiger partial charge in [0.05, 0.1) is 10.9 Å². The zero-order valence-electron chi connectivity index (χ0n) is 18.4. The molecule has 1 fully saturated rings. The molecule has 182 valence electrons. The maximum Gasteiger partial charge on any atom is 0.323 e. The normalized spacial score (nSPS) is 16.9. The first-order chi connectivity index (χ1) is 16.2. The van der Waals surface area contributed by atoms with Crippen LogP contribution in [0.4, 0.5) is 5.69 Å². The van der Waals surface area contributed by atoms with Crippen LogP contribution in [-0.4, -0.2) is 63.1 Å². The van der Waals surface area contributed by atoms with E-state index in [0.717, 1.165) is 25.1 Å². The molecule has 11 nitrogen and oxygen atoms in total. The first kappa shape index (κ1) is 25.0. The molecule has 1 saturated heterocycles. The number of nitrogens with two attached hydrogens (primary N) is 2. The van der Waals surface area contributed by atoms with Crippen molar-refractivity contribution in [1.82, 2.24) is 10.0 Å². The highest BCUT2D eigenvalue weighted by Crippen LogP contribution is 2.22. The molecule has 3 rings (SSSR count). The van der Waals surface area contributed by atoms with Gasteiger partial charge >= 0.3 is 5.97 Å². The van der Waals surface area contributed by atoms with E-state index in [-0.39, 0.29) is 16.9 Å². The third-order valence-electron chi connectivity index (χ3n) is 5.34. The van der Waals surface area contributed by atoms with Gasteiger partial charge in [-0.25, -0.2) is 13.4 Å². The minimum absolute atomic E-state index is 0.00865. The van der Waals surface area contributed by atoms with Gasteiger partial charge in [-0.1, -0.05) is 18.2 Å². The van der Waals surface area contributed by atoms with E-state index in [2.05, 4.69) is 19.9 Å². The number of nitrogens with zero attached hydrogens (tertiary/aromatic N) is 2. The predicted molar refractivity (Wildman–Crippen MR) is 128 cm³/mol. The molecule has 1 aliphatic heterocycles. The molecule has 0 aromatic heterocycles. The summed E-state index contributed by atoms with van der Waals surface area (Å²) in [5.41, 5.74) is 12.2. The lowest BCUT2D eigenvalue weighted by Crippen LogP contribution is -2.48. The van der Waals surface area contributed by atoms with E-state index < -0.39 is 34.5 Å². The van der Waals surface area contributed by atoms with Gasteiger partial charge in [-0.2, -0.15) is 4.72 Å². The maximum absolute atomic E-state index is 12.5. The molecule has 2 atom stereocenters. The Kier molecular flexibility index (Phi) is 8.08. The molecule has 1 amide bonds. The van der Waals surface area contributed by atoms with Crippen LogP contribution in [0.5, 0.6) is 0 Å². The highest BCUT2D eigenvalue weighted by atomic mass is 32.2. The second kappa shape index (κ2) is 11.0. The number of aliphatic carboxylic acids is 1. The maximum atomic E-state index is 12.5. The molecular weight excluding hydrogens is 460 g/mol. The van der Waals surface area contributed by atoms with Crippen LogP contribution >= 0.6 is 0 Å². The third-order valence-corrected chi connectivity index (χ3v) is 6.83.